The summed E-state index contributed by atoms with van der Waals surface area (Å²) in [5.41, 5.74) is 9.07. The van der Waals surface area contributed by atoms with Gasteiger partial charge in [-0.25, -0.2) is 0 Å². The van der Waals surface area contributed by atoms with Crippen molar-refractivity contribution < 1.29 is 9.59 Å². The second-order valence-corrected chi connectivity index (χ2v) is 5.78. The summed E-state index contributed by atoms with van der Waals surface area (Å²) < 4.78 is 0. The number of nitrogens with one attached hydrogen (secondary N) is 1. The third kappa shape index (κ3) is 4.43. The second-order valence-electron chi connectivity index (χ2n) is 5.78. The predicted molar refractivity (Wildman–Crippen MR) is 99.0 cm³/mol. The van der Waals surface area contributed by atoms with Crippen molar-refractivity contribution in [3.8, 4) is 0 Å². The fraction of sp³-hybridized carbons (Fsp3) is 0.263. The van der Waals surface area contributed by atoms with Gasteiger partial charge in [-0.15, -0.1) is 12.4 Å². The maximum atomic E-state index is 12.8. The van der Waals surface area contributed by atoms with Gasteiger partial charge in [-0.3, -0.25) is 9.59 Å². The molecule has 2 aromatic carbocycles. The highest BCUT2D eigenvalue weighted by Crippen LogP contribution is 2.17. The van der Waals surface area contributed by atoms with Crippen molar-refractivity contribution in [3.05, 3.63) is 70.3 Å². The largest absolute Gasteiger partial charge is 0.348 e. The zero-order chi connectivity index (χ0) is 17.0. The molecule has 0 fully saturated rings. The fourth-order valence-corrected chi connectivity index (χ4v) is 2.28. The molecule has 5 heteroatoms. The SMILES string of the molecule is Cc1ccc(C(=O)c2ccccc2C(=O)N[C@@H](C)CN)cc1C.Cl. The Morgan fingerprint density at radius 3 is 2.25 bits per heavy atom. The quantitative estimate of drug-likeness (QED) is 0.817. The van der Waals surface area contributed by atoms with E-state index < -0.39 is 0 Å². The van der Waals surface area contributed by atoms with Gasteiger partial charge in [0.15, 0.2) is 5.78 Å². The van der Waals surface area contributed by atoms with E-state index in [4.69, 9.17) is 5.73 Å². The first kappa shape index (κ1) is 19.9. The normalized spacial score (nSPS) is 11.3. The maximum Gasteiger partial charge on any atom is 0.252 e. The minimum atomic E-state index is -0.282. The number of nitrogens with two attached hydrogens (primary N) is 1. The number of benzene rings is 2. The van der Waals surface area contributed by atoms with Gasteiger partial charge in [-0.05, 0) is 44.0 Å². The van der Waals surface area contributed by atoms with Crippen molar-refractivity contribution in [1.82, 2.24) is 5.32 Å². The van der Waals surface area contributed by atoms with Crippen LogP contribution in [-0.4, -0.2) is 24.3 Å². The Morgan fingerprint density at radius 2 is 1.67 bits per heavy atom. The highest BCUT2D eigenvalue weighted by Gasteiger charge is 2.19. The number of halogens is 1. The first-order valence-electron chi connectivity index (χ1n) is 7.66. The van der Waals surface area contributed by atoms with Gasteiger partial charge in [0.25, 0.3) is 5.91 Å². The zero-order valence-electron chi connectivity index (χ0n) is 14.1. The average Bonchev–Trinajstić information content (AvgIpc) is 2.56. The van der Waals surface area contributed by atoms with Crippen LogP contribution in [0.5, 0.6) is 0 Å². The lowest BCUT2D eigenvalue weighted by atomic mass is 9.95. The standard InChI is InChI=1S/C19H22N2O2.ClH/c1-12-8-9-15(10-13(12)2)18(22)16-6-4-5-7-17(16)19(23)21-14(3)11-20;/h4-10,14H,11,20H2,1-3H3,(H,21,23);1H/t14-;/m0./s1. The predicted octanol–water partition coefficient (Wildman–Crippen LogP) is 3.03. The van der Waals surface area contributed by atoms with E-state index in [0.29, 0.717) is 23.2 Å². The van der Waals surface area contributed by atoms with Crippen molar-refractivity contribution in [2.45, 2.75) is 26.8 Å². The summed E-state index contributed by atoms with van der Waals surface area (Å²) in [6.45, 7) is 6.14. The highest BCUT2D eigenvalue weighted by atomic mass is 35.5. The number of rotatable bonds is 5. The first-order valence-corrected chi connectivity index (χ1v) is 7.66. The maximum absolute atomic E-state index is 12.8. The van der Waals surface area contributed by atoms with Gasteiger partial charge in [0.05, 0.1) is 5.56 Å². The van der Waals surface area contributed by atoms with E-state index in [9.17, 15) is 9.59 Å². The van der Waals surface area contributed by atoms with Crippen LogP contribution in [0.15, 0.2) is 42.5 Å². The summed E-state index contributed by atoms with van der Waals surface area (Å²) in [7, 11) is 0. The highest BCUT2D eigenvalue weighted by molar-refractivity contribution is 6.15. The molecule has 0 saturated carbocycles. The van der Waals surface area contributed by atoms with Gasteiger partial charge >= 0.3 is 0 Å². The smallest absolute Gasteiger partial charge is 0.252 e. The molecule has 4 nitrogen and oxygen atoms in total. The van der Waals surface area contributed by atoms with Crippen molar-refractivity contribution in [3.63, 3.8) is 0 Å². The molecule has 1 amide bonds. The third-order valence-electron chi connectivity index (χ3n) is 3.92. The van der Waals surface area contributed by atoms with Crippen LogP contribution in [0.25, 0.3) is 0 Å². The van der Waals surface area contributed by atoms with E-state index >= 15 is 0 Å². The summed E-state index contributed by atoms with van der Waals surface area (Å²) in [4.78, 5) is 25.2. The lowest BCUT2D eigenvalue weighted by Crippen LogP contribution is -2.38. The number of aryl methyl sites for hydroxylation is 2. The Hall–Kier alpha value is -2.17. The van der Waals surface area contributed by atoms with Gasteiger partial charge < -0.3 is 11.1 Å². The molecule has 0 aromatic heterocycles. The average molecular weight is 347 g/mol. The molecule has 1 atom stereocenters. The summed E-state index contributed by atoms with van der Waals surface area (Å²) in [5, 5.41) is 2.80. The molecular weight excluding hydrogens is 324 g/mol. The van der Waals surface area contributed by atoms with Crippen LogP contribution in [0, 0.1) is 13.8 Å². The summed E-state index contributed by atoms with van der Waals surface area (Å²) in [6.07, 6.45) is 0. The Morgan fingerprint density at radius 1 is 1.04 bits per heavy atom. The molecule has 0 unspecified atom stereocenters. The number of ketones is 1. The van der Waals surface area contributed by atoms with Gasteiger partial charge in [0.1, 0.15) is 0 Å². The van der Waals surface area contributed by atoms with E-state index in [1.165, 1.54) is 0 Å². The van der Waals surface area contributed by atoms with Gasteiger partial charge in [-0.2, -0.15) is 0 Å². The van der Waals surface area contributed by atoms with Crippen molar-refractivity contribution in [2.24, 2.45) is 5.73 Å². The first-order chi connectivity index (χ1) is 10.9. The Balaban J connectivity index is 0.00000288. The molecule has 3 N–H and O–H groups in total. The van der Waals surface area contributed by atoms with Crippen LogP contribution in [0.3, 0.4) is 0 Å². The third-order valence-corrected chi connectivity index (χ3v) is 3.92. The topological polar surface area (TPSA) is 72.2 Å². The molecule has 0 aliphatic carbocycles. The van der Waals surface area contributed by atoms with Crippen LogP contribution >= 0.6 is 12.4 Å². The molecule has 0 heterocycles. The Labute approximate surface area is 148 Å². The van der Waals surface area contributed by atoms with Gasteiger partial charge in [0, 0.05) is 23.7 Å². The minimum Gasteiger partial charge on any atom is -0.348 e. The molecule has 0 radical (unpaired) electrons. The van der Waals surface area contributed by atoms with Gasteiger partial charge in [0.2, 0.25) is 0 Å². The Bertz CT molecular complexity index is 744. The van der Waals surface area contributed by atoms with Crippen molar-refractivity contribution in [1.29, 1.82) is 0 Å². The lowest BCUT2D eigenvalue weighted by Gasteiger charge is -2.14. The molecule has 0 spiro atoms. The van der Waals surface area contributed by atoms with Crippen LogP contribution in [0.4, 0.5) is 0 Å². The summed E-state index contributed by atoms with van der Waals surface area (Å²) >= 11 is 0. The van der Waals surface area contributed by atoms with Crippen LogP contribution in [0.1, 0.15) is 44.3 Å². The number of hydrogen-bond donors (Lipinski definition) is 2. The molecule has 128 valence electrons. The number of amides is 1. The summed E-state index contributed by atoms with van der Waals surface area (Å²) in [6, 6.07) is 12.3. The number of carbonyl (C=O) groups is 2. The molecule has 0 aliphatic rings. The van der Waals surface area contributed by atoms with E-state index in [-0.39, 0.29) is 30.1 Å². The zero-order valence-corrected chi connectivity index (χ0v) is 14.9. The molecule has 0 aliphatic heterocycles. The second kappa shape index (κ2) is 8.62. The van der Waals surface area contributed by atoms with E-state index in [2.05, 4.69) is 5.32 Å². The molecular formula is C19H23ClN2O2. The molecule has 2 rings (SSSR count). The summed E-state index contributed by atoms with van der Waals surface area (Å²) in [5.74, 6) is -0.435. The molecule has 0 saturated heterocycles. The monoisotopic (exact) mass is 346 g/mol. The number of carbonyl (C=O) groups excluding carboxylic acids is 2. The minimum absolute atomic E-state index is 0. The fourth-order valence-electron chi connectivity index (χ4n) is 2.28. The van der Waals surface area contributed by atoms with Gasteiger partial charge in [-0.1, -0.05) is 30.3 Å². The number of hydrogen-bond acceptors (Lipinski definition) is 3. The van der Waals surface area contributed by atoms with E-state index in [0.717, 1.165) is 11.1 Å². The van der Waals surface area contributed by atoms with E-state index in [1.807, 2.05) is 32.9 Å². The van der Waals surface area contributed by atoms with Crippen LogP contribution in [0.2, 0.25) is 0 Å². The van der Waals surface area contributed by atoms with Crippen molar-refractivity contribution >= 4 is 24.1 Å². The molecule has 2 aromatic rings. The van der Waals surface area contributed by atoms with Crippen molar-refractivity contribution in [2.75, 3.05) is 6.54 Å². The van der Waals surface area contributed by atoms with Crippen LogP contribution < -0.4 is 11.1 Å². The molecule has 0 bridgehead atoms. The van der Waals surface area contributed by atoms with E-state index in [1.54, 1.807) is 30.3 Å². The lowest BCUT2D eigenvalue weighted by molar-refractivity contribution is 0.0931. The van der Waals surface area contributed by atoms with Crippen LogP contribution in [-0.2, 0) is 0 Å². The molecule has 24 heavy (non-hydrogen) atoms. The Kier molecular flexibility index (Phi) is 7.14.